The fraction of sp³-hybridized carbons (Fsp3) is 0.263. The summed E-state index contributed by atoms with van der Waals surface area (Å²) in [6.07, 6.45) is 0. The van der Waals surface area contributed by atoms with Gasteiger partial charge in [-0.2, -0.15) is 0 Å². The van der Waals surface area contributed by atoms with E-state index in [1.807, 2.05) is 30.7 Å². The van der Waals surface area contributed by atoms with Crippen LogP contribution in [0.3, 0.4) is 0 Å². The van der Waals surface area contributed by atoms with Gasteiger partial charge in [-0.1, -0.05) is 18.2 Å². The van der Waals surface area contributed by atoms with Crippen LogP contribution in [0.5, 0.6) is 0 Å². The molecule has 3 rings (SSSR count). The topological polar surface area (TPSA) is 72.9 Å². The van der Waals surface area contributed by atoms with Crippen molar-refractivity contribution in [2.45, 2.75) is 33.4 Å². The molecule has 2 heterocycles. The Balaban J connectivity index is 2.06. The fourth-order valence-electron chi connectivity index (χ4n) is 2.81. The number of nitrogens with zero attached hydrogens (tertiary/aromatic N) is 2. The summed E-state index contributed by atoms with van der Waals surface area (Å²) in [4.78, 5) is 16.4. The molecule has 0 radical (unpaired) electrons. The number of carbonyl (C=O) groups excluding carboxylic acids is 1. The van der Waals surface area contributed by atoms with E-state index in [1.165, 1.54) is 17.4 Å². The molecule has 1 aromatic carbocycles. The molecule has 0 aliphatic carbocycles. The second kappa shape index (κ2) is 7.29. The van der Waals surface area contributed by atoms with E-state index in [2.05, 4.69) is 10.3 Å². The molecular weight excluding hydrogens is 351 g/mol. The highest BCUT2D eigenvalue weighted by Gasteiger charge is 2.19. The molecule has 1 amide bonds. The van der Waals surface area contributed by atoms with Crippen molar-refractivity contribution in [1.82, 2.24) is 9.55 Å². The minimum atomic E-state index is -0.508. The summed E-state index contributed by atoms with van der Waals surface area (Å²) in [5.41, 5.74) is 8.64. The lowest BCUT2D eigenvalue weighted by atomic mass is 10.2. The Bertz CT molecular complexity index is 945. The Hall–Kier alpha value is -2.67. The number of carbonyl (C=O) groups is 1. The zero-order chi connectivity index (χ0) is 18.8. The second-order valence-electron chi connectivity index (χ2n) is 6.41. The molecule has 0 aliphatic rings. The van der Waals surface area contributed by atoms with Gasteiger partial charge >= 0.3 is 0 Å². The molecule has 5 nitrogen and oxygen atoms in total. The first kappa shape index (κ1) is 18.1. The third-order valence-corrected chi connectivity index (χ3v) is 4.87. The molecule has 2 aromatic heterocycles. The first-order chi connectivity index (χ1) is 12.4. The van der Waals surface area contributed by atoms with Gasteiger partial charge in [0.15, 0.2) is 5.13 Å². The number of halogens is 1. The van der Waals surface area contributed by atoms with E-state index in [1.54, 1.807) is 24.3 Å². The summed E-state index contributed by atoms with van der Waals surface area (Å²) in [6.45, 7) is 6.18. The average molecular weight is 372 g/mol. The van der Waals surface area contributed by atoms with Gasteiger partial charge < -0.3 is 15.6 Å². The first-order valence-corrected chi connectivity index (χ1v) is 9.20. The van der Waals surface area contributed by atoms with E-state index in [0.29, 0.717) is 23.4 Å². The Kier molecular flexibility index (Phi) is 5.08. The third-order valence-electron chi connectivity index (χ3n) is 4.10. The maximum absolute atomic E-state index is 14.1. The van der Waals surface area contributed by atoms with Crippen LogP contribution in [0.1, 0.15) is 35.5 Å². The van der Waals surface area contributed by atoms with E-state index in [0.717, 1.165) is 16.5 Å². The van der Waals surface area contributed by atoms with Crippen LogP contribution in [0.25, 0.3) is 11.4 Å². The van der Waals surface area contributed by atoms with Gasteiger partial charge in [0.2, 0.25) is 0 Å². The largest absolute Gasteiger partial charge is 0.366 e. The molecule has 0 atom stereocenters. The molecular formula is C19H21FN4OS. The molecule has 0 saturated heterocycles. The molecule has 0 aliphatic heterocycles. The molecule has 0 fully saturated rings. The minimum Gasteiger partial charge on any atom is -0.366 e. The van der Waals surface area contributed by atoms with Gasteiger partial charge in [0.05, 0.1) is 23.5 Å². The van der Waals surface area contributed by atoms with Crippen molar-refractivity contribution in [3.63, 3.8) is 0 Å². The Labute approximate surface area is 155 Å². The lowest BCUT2D eigenvalue weighted by molar-refractivity contribution is 0.0999. The summed E-state index contributed by atoms with van der Waals surface area (Å²) >= 11 is 1.49. The zero-order valence-corrected chi connectivity index (χ0v) is 15.7. The molecule has 136 valence electrons. The lowest BCUT2D eigenvalue weighted by Crippen LogP contribution is -2.13. The molecule has 0 bridgehead atoms. The van der Waals surface area contributed by atoms with Crippen LogP contribution in [0.4, 0.5) is 9.52 Å². The normalized spacial score (nSPS) is 11.1. The van der Waals surface area contributed by atoms with Crippen LogP contribution < -0.4 is 11.1 Å². The van der Waals surface area contributed by atoms with Crippen molar-refractivity contribution < 1.29 is 9.18 Å². The minimum absolute atomic E-state index is 0.266. The molecule has 3 N–H and O–H groups in total. The number of thiazole rings is 1. The number of nitrogens with one attached hydrogen (secondary N) is 1. The number of hydrogen-bond acceptors (Lipinski definition) is 4. The SMILES string of the molecule is Cc1c(C(N)=O)cc(-c2csc(NC(C)C)n2)n1Cc1ccccc1F. The van der Waals surface area contributed by atoms with Crippen LogP contribution in [0, 0.1) is 12.7 Å². The Morgan fingerprint density at radius 1 is 1.38 bits per heavy atom. The van der Waals surface area contributed by atoms with Crippen molar-refractivity contribution >= 4 is 22.4 Å². The van der Waals surface area contributed by atoms with Crippen LogP contribution >= 0.6 is 11.3 Å². The monoisotopic (exact) mass is 372 g/mol. The molecule has 26 heavy (non-hydrogen) atoms. The van der Waals surface area contributed by atoms with Crippen molar-refractivity contribution in [2.75, 3.05) is 5.32 Å². The third kappa shape index (κ3) is 3.62. The number of hydrogen-bond donors (Lipinski definition) is 2. The standard InChI is InChI=1S/C19H21FN4OS/c1-11(2)22-19-23-16(10-26-19)17-8-14(18(21)25)12(3)24(17)9-13-6-4-5-7-15(13)20/h4-8,10-11H,9H2,1-3H3,(H2,21,25)(H,22,23). The molecule has 7 heteroatoms. The zero-order valence-electron chi connectivity index (χ0n) is 14.9. The van der Waals surface area contributed by atoms with Gasteiger partial charge in [0.25, 0.3) is 5.91 Å². The highest BCUT2D eigenvalue weighted by molar-refractivity contribution is 7.14. The molecule has 3 aromatic rings. The number of benzene rings is 1. The van der Waals surface area contributed by atoms with Crippen LogP contribution in [0.2, 0.25) is 0 Å². The van der Waals surface area contributed by atoms with Crippen molar-refractivity contribution in [3.05, 3.63) is 58.3 Å². The van der Waals surface area contributed by atoms with Gasteiger partial charge in [-0.25, -0.2) is 9.37 Å². The number of amides is 1. The van der Waals surface area contributed by atoms with Gasteiger partial charge in [-0.05, 0) is 32.9 Å². The Morgan fingerprint density at radius 2 is 2.12 bits per heavy atom. The smallest absolute Gasteiger partial charge is 0.250 e. The summed E-state index contributed by atoms with van der Waals surface area (Å²) in [7, 11) is 0. The highest BCUT2D eigenvalue weighted by atomic mass is 32.1. The molecule has 0 unspecified atom stereocenters. The van der Waals surface area contributed by atoms with E-state index in [4.69, 9.17) is 5.73 Å². The van der Waals surface area contributed by atoms with Crippen LogP contribution in [-0.2, 0) is 6.54 Å². The van der Waals surface area contributed by atoms with Gasteiger partial charge in [0, 0.05) is 22.7 Å². The lowest BCUT2D eigenvalue weighted by Gasteiger charge is -2.12. The number of rotatable bonds is 6. The first-order valence-electron chi connectivity index (χ1n) is 8.32. The number of primary amides is 1. The average Bonchev–Trinajstić information content (AvgIpc) is 3.14. The summed E-state index contributed by atoms with van der Waals surface area (Å²) < 4.78 is 16.0. The van der Waals surface area contributed by atoms with Gasteiger partial charge in [-0.3, -0.25) is 4.79 Å². The number of anilines is 1. The van der Waals surface area contributed by atoms with Gasteiger partial charge in [-0.15, -0.1) is 11.3 Å². The summed E-state index contributed by atoms with van der Waals surface area (Å²) in [6, 6.07) is 8.60. The van der Waals surface area contributed by atoms with Crippen LogP contribution in [0.15, 0.2) is 35.7 Å². The maximum Gasteiger partial charge on any atom is 0.250 e. The predicted molar refractivity (Wildman–Crippen MR) is 103 cm³/mol. The highest BCUT2D eigenvalue weighted by Crippen LogP contribution is 2.30. The van der Waals surface area contributed by atoms with Crippen LogP contribution in [-0.4, -0.2) is 21.5 Å². The summed E-state index contributed by atoms with van der Waals surface area (Å²) in [5.74, 6) is -0.792. The second-order valence-corrected chi connectivity index (χ2v) is 7.27. The Morgan fingerprint density at radius 3 is 2.77 bits per heavy atom. The summed E-state index contributed by atoms with van der Waals surface area (Å²) in [5, 5.41) is 5.98. The van der Waals surface area contributed by atoms with Crippen molar-refractivity contribution in [2.24, 2.45) is 5.73 Å². The predicted octanol–water partition coefficient (Wildman–Crippen LogP) is 4.03. The van der Waals surface area contributed by atoms with E-state index in [9.17, 15) is 9.18 Å². The number of aromatic nitrogens is 2. The molecule has 0 saturated carbocycles. The van der Waals surface area contributed by atoms with Gasteiger partial charge in [0.1, 0.15) is 5.82 Å². The van der Waals surface area contributed by atoms with E-state index in [-0.39, 0.29) is 11.9 Å². The quantitative estimate of drug-likeness (QED) is 0.686. The number of nitrogens with two attached hydrogens (primary N) is 1. The van der Waals surface area contributed by atoms with Crippen molar-refractivity contribution in [3.8, 4) is 11.4 Å². The fourth-order valence-corrected chi connectivity index (χ4v) is 3.66. The van der Waals surface area contributed by atoms with E-state index < -0.39 is 5.91 Å². The maximum atomic E-state index is 14.1. The van der Waals surface area contributed by atoms with E-state index >= 15 is 0 Å². The molecule has 0 spiro atoms. The van der Waals surface area contributed by atoms with Crippen molar-refractivity contribution in [1.29, 1.82) is 0 Å².